The number of imide groups is 1. The van der Waals surface area contributed by atoms with E-state index in [0.717, 1.165) is 0 Å². The lowest BCUT2D eigenvalue weighted by atomic mass is 10.0. The number of piperazine rings is 1. The van der Waals surface area contributed by atoms with Crippen molar-refractivity contribution in [3.63, 3.8) is 0 Å². The molecule has 7 nitrogen and oxygen atoms in total. The monoisotopic (exact) mass is 410 g/mol. The molecular weight excluding hydrogens is 387 g/mol. The molecule has 1 saturated heterocycles. The first-order valence-electron chi connectivity index (χ1n) is 9.93. The molecule has 1 aromatic heterocycles. The SMILES string of the molecule is O=C1C(c2ccc(F)cc2)=C(N2CCN(CCO)CC2)C(=O)N1Cc1ccccn1. The van der Waals surface area contributed by atoms with Crippen LogP contribution in [0.4, 0.5) is 4.39 Å². The van der Waals surface area contributed by atoms with Crippen molar-refractivity contribution in [2.24, 2.45) is 0 Å². The van der Waals surface area contributed by atoms with Crippen molar-refractivity contribution in [3.05, 3.63) is 71.4 Å². The van der Waals surface area contributed by atoms with E-state index in [0.29, 0.717) is 55.3 Å². The highest BCUT2D eigenvalue weighted by atomic mass is 19.1. The van der Waals surface area contributed by atoms with Gasteiger partial charge in [-0.05, 0) is 29.8 Å². The second kappa shape index (κ2) is 8.73. The van der Waals surface area contributed by atoms with Gasteiger partial charge in [0, 0.05) is 38.9 Å². The quantitative estimate of drug-likeness (QED) is 0.719. The summed E-state index contributed by atoms with van der Waals surface area (Å²) in [5.41, 5.74) is 1.79. The molecule has 0 bridgehead atoms. The summed E-state index contributed by atoms with van der Waals surface area (Å²) < 4.78 is 13.5. The maximum Gasteiger partial charge on any atom is 0.278 e. The van der Waals surface area contributed by atoms with Crippen LogP contribution < -0.4 is 0 Å². The van der Waals surface area contributed by atoms with Gasteiger partial charge in [-0.15, -0.1) is 0 Å². The molecule has 2 aliphatic heterocycles. The van der Waals surface area contributed by atoms with Gasteiger partial charge in [0.25, 0.3) is 11.8 Å². The van der Waals surface area contributed by atoms with Crippen LogP contribution in [-0.2, 0) is 16.1 Å². The zero-order chi connectivity index (χ0) is 21.1. The number of halogens is 1. The van der Waals surface area contributed by atoms with Crippen LogP contribution in [0.15, 0.2) is 54.4 Å². The first-order valence-corrected chi connectivity index (χ1v) is 9.93. The van der Waals surface area contributed by atoms with Gasteiger partial charge in [-0.2, -0.15) is 0 Å². The van der Waals surface area contributed by atoms with Crippen LogP contribution in [-0.4, -0.2) is 75.9 Å². The number of aliphatic hydroxyl groups excluding tert-OH is 1. The van der Waals surface area contributed by atoms with Crippen LogP contribution in [0.25, 0.3) is 5.57 Å². The third-order valence-electron chi connectivity index (χ3n) is 5.43. The van der Waals surface area contributed by atoms with E-state index in [9.17, 15) is 14.0 Å². The Hall–Kier alpha value is -3.10. The third-order valence-corrected chi connectivity index (χ3v) is 5.43. The van der Waals surface area contributed by atoms with Crippen molar-refractivity contribution < 1.29 is 19.1 Å². The van der Waals surface area contributed by atoms with Crippen LogP contribution in [0.3, 0.4) is 0 Å². The second-order valence-electron chi connectivity index (χ2n) is 7.30. The number of aromatic nitrogens is 1. The molecule has 1 aromatic carbocycles. The van der Waals surface area contributed by atoms with E-state index in [1.54, 1.807) is 18.3 Å². The van der Waals surface area contributed by atoms with Crippen molar-refractivity contribution >= 4 is 17.4 Å². The van der Waals surface area contributed by atoms with Crippen molar-refractivity contribution in [1.29, 1.82) is 0 Å². The van der Waals surface area contributed by atoms with E-state index in [-0.39, 0.29) is 19.1 Å². The van der Waals surface area contributed by atoms with Crippen molar-refractivity contribution in [2.75, 3.05) is 39.3 Å². The Morgan fingerprint density at radius 3 is 2.33 bits per heavy atom. The molecule has 1 N–H and O–H groups in total. The molecule has 156 valence electrons. The predicted octanol–water partition coefficient (Wildman–Crippen LogP) is 1.11. The first-order chi connectivity index (χ1) is 14.6. The lowest BCUT2D eigenvalue weighted by Crippen LogP contribution is -2.48. The molecule has 0 aliphatic carbocycles. The minimum absolute atomic E-state index is 0.0805. The van der Waals surface area contributed by atoms with Gasteiger partial charge in [0.15, 0.2) is 0 Å². The molecule has 3 heterocycles. The summed E-state index contributed by atoms with van der Waals surface area (Å²) in [5.74, 6) is -1.16. The smallest absolute Gasteiger partial charge is 0.278 e. The zero-order valence-electron chi connectivity index (χ0n) is 16.5. The number of β-amino-alcohol motifs (C(OH)–C–C–N with tert-alkyl or cyclic N) is 1. The maximum atomic E-state index is 13.5. The van der Waals surface area contributed by atoms with Gasteiger partial charge in [-0.25, -0.2) is 4.39 Å². The van der Waals surface area contributed by atoms with Gasteiger partial charge in [-0.3, -0.25) is 24.4 Å². The van der Waals surface area contributed by atoms with E-state index >= 15 is 0 Å². The summed E-state index contributed by atoms with van der Waals surface area (Å²) in [6.45, 7) is 3.24. The number of aliphatic hydroxyl groups is 1. The Kier molecular flexibility index (Phi) is 5.87. The topological polar surface area (TPSA) is 77.0 Å². The third kappa shape index (κ3) is 3.96. The molecule has 30 heavy (non-hydrogen) atoms. The van der Waals surface area contributed by atoms with E-state index in [2.05, 4.69) is 9.88 Å². The van der Waals surface area contributed by atoms with Crippen LogP contribution in [0.5, 0.6) is 0 Å². The van der Waals surface area contributed by atoms with Crippen LogP contribution in [0, 0.1) is 5.82 Å². The number of nitrogens with zero attached hydrogens (tertiary/aromatic N) is 4. The number of pyridine rings is 1. The Morgan fingerprint density at radius 2 is 1.70 bits per heavy atom. The van der Waals surface area contributed by atoms with Crippen molar-refractivity contribution in [3.8, 4) is 0 Å². The van der Waals surface area contributed by atoms with E-state index < -0.39 is 11.7 Å². The molecule has 0 atom stereocenters. The average molecular weight is 410 g/mol. The molecule has 4 rings (SSSR count). The maximum absolute atomic E-state index is 13.5. The molecule has 0 unspecified atom stereocenters. The molecule has 0 spiro atoms. The van der Waals surface area contributed by atoms with E-state index in [1.807, 2.05) is 11.0 Å². The summed E-state index contributed by atoms with van der Waals surface area (Å²) in [4.78, 5) is 36.1. The minimum Gasteiger partial charge on any atom is -0.395 e. The number of hydrogen-bond acceptors (Lipinski definition) is 6. The fourth-order valence-corrected chi connectivity index (χ4v) is 3.87. The largest absolute Gasteiger partial charge is 0.395 e. The highest BCUT2D eigenvalue weighted by Gasteiger charge is 2.42. The molecule has 8 heteroatoms. The van der Waals surface area contributed by atoms with Gasteiger partial charge in [0.05, 0.1) is 24.4 Å². The second-order valence-corrected chi connectivity index (χ2v) is 7.30. The zero-order valence-corrected chi connectivity index (χ0v) is 16.5. The summed E-state index contributed by atoms with van der Waals surface area (Å²) >= 11 is 0. The summed E-state index contributed by atoms with van der Waals surface area (Å²) in [7, 11) is 0. The number of carbonyl (C=O) groups is 2. The minimum atomic E-state index is -0.402. The fourth-order valence-electron chi connectivity index (χ4n) is 3.87. The van der Waals surface area contributed by atoms with Crippen molar-refractivity contribution in [1.82, 2.24) is 19.7 Å². The normalized spacial score (nSPS) is 17.9. The summed E-state index contributed by atoms with van der Waals surface area (Å²) in [5, 5.41) is 9.15. The highest BCUT2D eigenvalue weighted by molar-refractivity contribution is 6.35. The van der Waals surface area contributed by atoms with Gasteiger partial charge < -0.3 is 10.0 Å². The Morgan fingerprint density at radius 1 is 0.967 bits per heavy atom. The molecule has 2 amide bonds. The van der Waals surface area contributed by atoms with Gasteiger partial charge >= 0.3 is 0 Å². The molecule has 2 aliphatic rings. The van der Waals surface area contributed by atoms with Crippen LogP contribution in [0.1, 0.15) is 11.3 Å². The number of benzene rings is 1. The van der Waals surface area contributed by atoms with E-state index in [4.69, 9.17) is 5.11 Å². The molecule has 2 aromatic rings. The lowest BCUT2D eigenvalue weighted by molar-refractivity contribution is -0.138. The Balaban J connectivity index is 1.67. The van der Waals surface area contributed by atoms with Gasteiger partial charge in [-0.1, -0.05) is 18.2 Å². The fraction of sp³-hybridized carbons (Fsp3) is 0.318. The molecule has 0 saturated carbocycles. The number of carbonyl (C=O) groups excluding carboxylic acids is 2. The molecule has 0 radical (unpaired) electrons. The lowest BCUT2D eigenvalue weighted by Gasteiger charge is -2.36. The predicted molar refractivity (Wildman–Crippen MR) is 108 cm³/mol. The number of amides is 2. The Labute approximate surface area is 174 Å². The van der Waals surface area contributed by atoms with E-state index in [1.165, 1.54) is 29.2 Å². The standard InChI is InChI=1S/C22H23FN4O3/c23-17-6-4-16(5-7-17)19-20(26-11-9-25(10-12-26)13-14-28)22(30)27(21(19)29)15-18-3-1-2-8-24-18/h1-8,28H,9-15H2. The average Bonchev–Trinajstić information content (AvgIpc) is 3.01. The summed E-state index contributed by atoms with van der Waals surface area (Å²) in [6, 6.07) is 11.0. The van der Waals surface area contributed by atoms with Gasteiger partial charge in [0.2, 0.25) is 0 Å². The van der Waals surface area contributed by atoms with Crippen LogP contribution in [0.2, 0.25) is 0 Å². The van der Waals surface area contributed by atoms with Crippen LogP contribution >= 0.6 is 0 Å². The Bertz CT molecular complexity index is 954. The molecule has 1 fully saturated rings. The number of rotatable bonds is 6. The summed E-state index contributed by atoms with van der Waals surface area (Å²) in [6.07, 6.45) is 1.62. The van der Waals surface area contributed by atoms with Crippen molar-refractivity contribution in [2.45, 2.75) is 6.54 Å². The molecular formula is C22H23FN4O3. The highest BCUT2D eigenvalue weighted by Crippen LogP contribution is 2.33. The van der Waals surface area contributed by atoms with Gasteiger partial charge in [0.1, 0.15) is 11.5 Å². The number of hydrogen-bond donors (Lipinski definition) is 1. The first kappa shape index (κ1) is 20.2.